The van der Waals surface area contributed by atoms with Crippen LogP contribution >= 0.6 is 0 Å². The number of carbonyl (C=O) groups excluding carboxylic acids is 1. The Balaban J connectivity index is 1.85. The molecule has 24 heavy (non-hydrogen) atoms. The van der Waals surface area contributed by atoms with Gasteiger partial charge in [0.05, 0.1) is 6.42 Å². The van der Waals surface area contributed by atoms with Crippen LogP contribution < -0.4 is 10.6 Å². The molecule has 0 spiro atoms. The second-order valence-corrected chi connectivity index (χ2v) is 6.84. The number of rotatable bonds is 7. The zero-order valence-electron chi connectivity index (χ0n) is 15.1. The third-order valence-corrected chi connectivity index (χ3v) is 4.09. The van der Waals surface area contributed by atoms with E-state index in [9.17, 15) is 4.79 Å². The third-order valence-electron chi connectivity index (χ3n) is 4.09. The molecule has 0 saturated heterocycles. The lowest BCUT2D eigenvalue weighted by atomic mass is 10.1. The molecule has 0 atom stereocenters. The van der Waals surface area contributed by atoms with Crippen LogP contribution in [0.1, 0.15) is 36.1 Å². The zero-order chi connectivity index (χ0) is 17.5. The van der Waals surface area contributed by atoms with Gasteiger partial charge in [0.25, 0.3) is 0 Å². The van der Waals surface area contributed by atoms with E-state index in [0.29, 0.717) is 12.3 Å². The van der Waals surface area contributed by atoms with Gasteiger partial charge < -0.3 is 10.6 Å². The molecule has 0 bridgehead atoms. The van der Waals surface area contributed by atoms with E-state index in [1.807, 2.05) is 24.3 Å². The highest BCUT2D eigenvalue weighted by atomic mass is 16.1. The molecule has 3 nitrogen and oxygen atoms in total. The number of hydrogen-bond acceptors (Lipinski definition) is 2. The van der Waals surface area contributed by atoms with Gasteiger partial charge in [-0.2, -0.15) is 0 Å². The molecule has 0 unspecified atom stereocenters. The number of benzene rings is 2. The van der Waals surface area contributed by atoms with E-state index in [0.717, 1.165) is 24.3 Å². The number of aryl methyl sites for hydroxylation is 2. The highest BCUT2D eigenvalue weighted by molar-refractivity contribution is 5.78. The van der Waals surface area contributed by atoms with Crippen molar-refractivity contribution in [2.24, 2.45) is 5.92 Å². The van der Waals surface area contributed by atoms with Gasteiger partial charge in [0.1, 0.15) is 0 Å². The van der Waals surface area contributed by atoms with Crippen LogP contribution in [0.2, 0.25) is 0 Å². The standard InChI is InChI=1S/C21H28N2O/c1-15(2)13-23-21(24)12-18-7-9-20(10-8-18)22-14-19-6-5-16(3)17(4)11-19/h5-11,15,22H,12-14H2,1-4H3,(H,23,24). The highest BCUT2D eigenvalue weighted by Gasteiger charge is 2.04. The van der Waals surface area contributed by atoms with Gasteiger partial charge in [0.2, 0.25) is 5.91 Å². The summed E-state index contributed by atoms with van der Waals surface area (Å²) in [5, 5.41) is 6.37. The summed E-state index contributed by atoms with van der Waals surface area (Å²) < 4.78 is 0. The SMILES string of the molecule is Cc1ccc(CNc2ccc(CC(=O)NCC(C)C)cc2)cc1C. The molecule has 128 valence electrons. The van der Waals surface area contributed by atoms with Gasteiger partial charge in [-0.15, -0.1) is 0 Å². The van der Waals surface area contributed by atoms with E-state index in [1.54, 1.807) is 0 Å². The van der Waals surface area contributed by atoms with Crippen molar-refractivity contribution in [2.75, 3.05) is 11.9 Å². The number of amides is 1. The highest BCUT2D eigenvalue weighted by Crippen LogP contribution is 2.14. The lowest BCUT2D eigenvalue weighted by Gasteiger charge is -2.10. The fourth-order valence-electron chi connectivity index (χ4n) is 2.42. The molecule has 2 N–H and O–H groups in total. The van der Waals surface area contributed by atoms with Crippen LogP contribution in [0.15, 0.2) is 42.5 Å². The Morgan fingerprint density at radius 3 is 2.25 bits per heavy atom. The van der Waals surface area contributed by atoms with Crippen LogP contribution in [-0.4, -0.2) is 12.5 Å². The van der Waals surface area contributed by atoms with Gasteiger partial charge in [-0.05, 0) is 54.2 Å². The predicted octanol–water partition coefficient (Wildman–Crippen LogP) is 4.23. The fraction of sp³-hybridized carbons (Fsp3) is 0.381. The lowest BCUT2D eigenvalue weighted by molar-refractivity contribution is -0.120. The Kier molecular flexibility index (Phi) is 6.42. The van der Waals surface area contributed by atoms with Crippen molar-refractivity contribution in [1.82, 2.24) is 5.32 Å². The molecule has 1 amide bonds. The van der Waals surface area contributed by atoms with Gasteiger partial charge in [-0.25, -0.2) is 0 Å². The van der Waals surface area contributed by atoms with E-state index in [2.05, 4.69) is 56.5 Å². The molecule has 2 rings (SSSR count). The number of nitrogens with one attached hydrogen (secondary N) is 2. The van der Waals surface area contributed by atoms with E-state index in [-0.39, 0.29) is 5.91 Å². The molecular weight excluding hydrogens is 296 g/mol. The molecule has 2 aromatic rings. The first-order valence-corrected chi connectivity index (χ1v) is 8.59. The smallest absolute Gasteiger partial charge is 0.224 e. The number of anilines is 1. The minimum absolute atomic E-state index is 0.0829. The number of hydrogen-bond donors (Lipinski definition) is 2. The summed E-state index contributed by atoms with van der Waals surface area (Å²) in [6.07, 6.45) is 0.435. The van der Waals surface area contributed by atoms with Crippen molar-refractivity contribution in [3.05, 3.63) is 64.7 Å². The van der Waals surface area contributed by atoms with E-state index in [4.69, 9.17) is 0 Å². The van der Waals surface area contributed by atoms with Gasteiger partial charge in [0, 0.05) is 18.8 Å². The quantitative estimate of drug-likeness (QED) is 0.800. The topological polar surface area (TPSA) is 41.1 Å². The summed E-state index contributed by atoms with van der Waals surface area (Å²) in [4.78, 5) is 11.8. The van der Waals surface area contributed by atoms with Crippen LogP contribution in [0.25, 0.3) is 0 Å². The van der Waals surface area contributed by atoms with Crippen molar-refractivity contribution in [1.29, 1.82) is 0 Å². The minimum atomic E-state index is 0.0829. The van der Waals surface area contributed by atoms with Gasteiger partial charge in [0.15, 0.2) is 0 Å². The molecule has 0 fully saturated rings. The van der Waals surface area contributed by atoms with E-state index < -0.39 is 0 Å². The minimum Gasteiger partial charge on any atom is -0.381 e. The molecular formula is C21H28N2O. The van der Waals surface area contributed by atoms with Crippen LogP contribution in [-0.2, 0) is 17.8 Å². The Hall–Kier alpha value is -2.29. The Labute approximate surface area is 145 Å². The maximum Gasteiger partial charge on any atom is 0.224 e. The van der Waals surface area contributed by atoms with Gasteiger partial charge in [-0.1, -0.05) is 44.2 Å². The molecule has 3 heteroatoms. The first-order valence-electron chi connectivity index (χ1n) is 8.59. The maximum atomic E-state index is 11.8. The average molecular weight is 324 g/mol. The third kappa shape index (κ3) is 5.73. The van der Waals surface area contributed by atoms with Gasteiger partial charge in [-0.3, -0.25) is 4.79 Å². The molecule has 0 heterocycles. The molecule has 0 aliphatic carbocycles. The van der Waals surface area contributed by atoms with Crippen molar-refractivity contribution >= 4 is 11.6 Å². The van der Waals surface area contributed by atoms with Crippen molar-refractivity contribution < 1.29 is 4.79 Å². The molecule has 0 aliphatic rings. The van der Waals surface area contributed by atoms with Crippen molar-refractivity contribution in [2.45, 2.75) is 40.7 Å². The summed E-state index contributed by atoms with van der Waals surface area (Å²) in [6, 6.07) is 14.6. The maximum absolute atomic E-state index is 11.8. The predicted molar refractivity (Wildman–Crippen MR) is 101 cm³/mol. The van der Waals surface area contributed by atoms with E-state index in [1.165, 1.54) is 16.7 Å². The molecule has 0 aliphatic heterocycles. The fourth-order valence-corrected chi connectivity index (χ4v) is 2.42. The molecule has 2 aromatic carbocycles. The second kappa shape index (κ2) is 8.53. The molecule has 0 radical (unpaired) electrons. The van der Waals surface area contributed by atoms with Crippen molar-refractivity contribution in [3.63, 3.8) is 0 Å². The van der Waals surface area contributed by atoms with Gasteiger partial charge >= 0.3 is 0 Å². The summed E-state index contributed by atoms with van der Waals surface area (Å²) in [7, 11) is 0. The van der Waals surface area contributed by atoms with Crippen molar-refractivity contribution in [3.8, 4) is 0 Å². The molecule has 0 aromatic heterocycles. The van der Waals surface area contributed by atoms with Crippen LogP contribution in [0.4, 0.5) is 5.69 Å². The van der Waals surface area contributed by atoms with E-state index >= 15 is 0 Å². The first-order chi connectivity index (χ1) is 11.4. The second-order valence-electron chi connectivity index (χ2n) is 6.84. The Morgan fingerprint density at radius 1 is 0.958 bits per heavy atom. The monoisotopic (exact) mass is 324 g/mol. The summed E-state index contributed by atoms with van der Waals surface area (Å²) >= 11 is 0. The summed E-state index contributed by atoms with van der Waals surface area (Å²) in [6.45, 7) is 9.98. The molecule has 0 saturated carbocycles. The average Bonchev–Trinajstić information content (AvgIpc) is 2.55. The lowest BCUT2D eigenvalue weighted by Crippen LogP contribution is -2.28. The normalized spacial score (nSPS) is 10.7. The Bertz CT molecular complexity index is 675. The van der Waals surface area contributed by atoms with Crippen LogP contribution in [0, 0.1) is 19.8 Å². The first kappa shape index (κ1) is 18.1. The van der Waals surface area contributed by atoms with Crippen LogP contribution in [0.5, 0.6) is 0 Å². The largest absolute Gasteiger partial charge is 0.381 e. The summed E-state index contributed by atoms with van der Waals surface area (Å²) in [5.74, 6) is 0.561. The van der Waals surface area contributed by atoms with Crippen LogP contribution in [0.3, 0.4) is 0 Å². The number of carbonyl (C=O) groups is 1. The Morgan fingerprint density at radius 2 is 1.62 bits per heavy atom. The summed E-state index contributed by atoms with van der Waals surface area (Å²) in [5.41, 5.74) is 6.01. The zero-order valence-corrected chi connectivity index (χ0v) is 15.1.